The van der Waals surface area contributed by atoms with E-state index in [1.54, 1.807) is 48.5 Å². The van der Waals surface area contributed by atoms with E-state index in [4.69, 9.17) is 5.73 Å². The highest BCUT2D eigenvalue weighted by atomic mass is 32.2. The number of rotatable bonds is 4. The summed E-state index contributed by atoms with van der Waals surface area (Å²) in [5.74, 6) is 0. The normalized spacial score (nSPS) is 11.3. The lowest BCUT2D eigenvalue weighted by Crippen LogP contribution is -2.12. The summed E-state index contributed by atoms with van der Waals surface area (Å²) in [6, 6.07) is 13.7. The minimum Gasteiger partial charge on any atom is -0.326 e. The van der Waals surface area contributed by atoms with Gasteiger partial charge < -0.3 is 5.73 Å². The third-order valence-corrected chi connectivity index (χ3v) is 4.17. The molecule has 0 heterocycles. The van der Waals surface area contributed by atoms with Crippen LogP contribution in [0.1, 0.15) is 11.1 Å². The van der Waals surface area contributed by atoms with Crippen LogP contribution in [-0.4, -0.2) is 8.42 Å². The molecule has 0 aliphatic rings. The maximum atomic E-state index is 12.1. The molecule has 0 amide bonds. The Balaban J connectivity index is 2.23. The van der Waals surface area contributed by atoms with Gasteiger partial charge >= 0.3 is 0 Å². The quantitative estimate of drug-likeness (QED) is 0.899. The number of nitrogens with one attached hydrogen (secondary N) is 1. The number of benzene rings is 2. The molecule has 0 fully saturated rings. The Morgan fingerprint density at radius 3 is 2.11 bits per heavy atom. The van der Waals surface area contributed by atoms with Crippen molar-refractivity contribution in [3.63, 3.8) is 0 Å². The van der Waals surface area contributed by atoms with Crippen molar-refractivity contribution in [3.8, 4) is 0 Å². The topological polar surface area (TPSA) is 72.2 Å². The highest BCUT2D eigenvalue weighted by Crippen LogP contribution is 2.17. The fraction of sp³-hybridized carbons (Fsp3) is 0.143. The van der Waals surface area contributed by atoms with Gasteiger partial charge in [-0.3, -0.25) is 4.72 Å². The fourth-order valence-corrected chi connectivity index (χ4v) is 2.70. The fourth-order valence-electron chi connectivity index (χ4n) is 1.64. The molecule has 0 atom stereocenters. The van der Waals surface area contributed by atoms with Gasteiger partial charge in [-0.15, -0.1) is 0 Å². The molecule has 0 radical (unpaired) electrons. The Hall–Kier alpha value is -1.85. The van der Waals surface area contributed by atoms with Gasteiger partial charge in [-0.2, -0.15) is 0 Å². The van der Waals surface area contributed by atoms with E-state index in [-0.39, 0.29) is 4.90 Å². The number of nitrogens with two attached hydrogens (primary N) is 1. The van der Waals surface area contributed by atoms with Crippen LogP contribution in [-0.2, 0) is 16.6 Å². The van der Waals surface area contributed by atoms with Gasteiger partial charge in [0, 0.05) is 12.2 Å². The summed E-state index contributed by atoms with van der Waals surface area (Å²) in [6.07, 6.45) is 0. The second-order valence-electron chi connectivity index (χ2n) is 4.32. The van der Waals surface area contributed by atoms with Crippen molar-refractivity contribution in [2.24, 2.45) is 5.73 Å². The molecular weight excluding hydrogens is 260 g/mol. The van der Waals surface area contributed by atoms with Crippen LogP contribution in [0.5, 0.6) is 0 Å². The van der Waals surface area contributed by atoms with Crippen molar-refractivity contribution in [1.82, 2.24) is 0 Å². The number of aryl methyl sites for hydroxylation is 1. The molecule has 4 nitrogen and oxygen atoms in total. The molecule has 2 aromatic carbocycles. The zero-order valence-electron chi connectivity index (χ0n) is 10.6. The van der Waals surface area contributed by atoms with Crippen LogP contribution in [0.3, 0.4) is 0 Å². The first-order valence-corrected chi connectivity index (χ1v) is 7.38. The molecule has 0 saturated heterocycles. The molecule has 2 rings (SSSR count). The van der Waals surface area contributed by atoms with E-state index in [2.05, 4.69) is 4.72 Å². The molecule has 0 unspecified atom stereocenters. The molecule has 0 saturated carbocycles. The molecule has 2 aromatic rings. The number of sulfonamides is 1. The molecule has 5 heteroatoms. The Kier molecular flexibility index (Phi) is 3.87. The summed E-state index contributed by atoms with van der Waals surface area (Å²) < 4.78 is 26.8. The second-order valence-corrected chi connectivity index (χ2v) is 6.00. The molecule has 0 aliphatic heterocycles. The van der Waals surface area contributed by atoms with E-state index < -0.39 is 10.0 Å². The predicted molar refractivity (Wildman–Crippen MR) is 76.3 cm³/mol. The maximum absolute atomic E-state index is 12.1. The number of anilines is 1. The van der Waals surface area contributed by atoms with Crippen LogP contribution in [0, 0.1) is 6.92 Å². The van der Waals surface area contributed by atoms with E-state index in [9.17, 15) is 8.42 Å². The zero-order valence-corrected chi connectivity index (χ0v) is 11.4. The summed E-state index contributed by atoms with van der Waals surface area (Å²) in [5, 5.41) is 0. The molecule has 0 aliphatic carbocycles. The Morgan fingerprint density at radius 2 is 1.58 bits per heavy atom. The lowest BCUT2D eigenvalue weighted by Gasteiger charge is -2.08. The minimum atomic E-state index is -3.53. The third-order valence-electron chi connectivity index (χ3n) is 2.77. The monoisotopic (exact) mass is 276 g/mol. The molecule has 3 N–H and O–H groups in total. The standard InChI is InChI=1S/C14H16N2O2S/c1-11-2-8-14(9-3-11)19(17,18)16-13-6-4-12(10-15)5-7-13/h2-9,16H,10,15H2,1H3. The highest BCUT2D eigenvalue weighted by molar-refractivity contribution is 7.92. The van der Waals surface area contributed by atoms with E-state index in [0.29, 0.717) is 12.2 Å². The SMILES string of the molecule is Cc1ccc(S(=O)(=O)Nc2ccc(CN)cc2)cc1. The molecular formula is C14H16N2O2S. The summed E-state index contributed by atoms with van der Waals surface area (Å²) in [7, 11) is -3.53. The van der Waals surface area contributed by atoms with Gasteiger partial charge in [0.2, 0.25) is 0 Å². The van der Waals surface area contributed by atoms with Crippen molar-refractivity contribution in [2.45, 2.75) is 18.4 Å². The largest absolute Gasteiger partial charge is 0.326 e. The number of hydrogen-bond acceptors (Lipinski definition) is 3. The lowest BCUT2D eigenvalue weighted by molar-refractivity contribution is 0.601. The van der Waals surface area contributed by atoms with Gasteiger partial charge in [-0.25, -0.2) is 8.42 Å². The van der Waals surface area contributed by atoms with Crippen molar-refractivity contribution < 1.29 is 8.42 Å². The second kappa shape index (κ2) is 5.42. The van der Waals surface area contributed by atoms with E-state index in [0.717, 1.165) is 11.1 Å². The van der Waals surface area contributed by atoms with Gasteiger partial charge in [-0.05, 0) is 36.8 Å². The predicted octanol–water partition coefficient (Wildman–Crippen LogP) is 2.25. The average Bonchev–Trinajstić information content (AvgIpc) is 2.40. The minimum absolute atomic E-state index is 0.251. The molecule has 19 heavy (non-hydrogen) atoms. The van der Waals surface area contributed by atoms with Crippen LogP contribution >= 0.6 is 0 Å². The van der Waals surface area contributed by atoms with Crippen LogP contribution in [0.2, 0.25) is 0 Å². The third kappa shape index (κ3) is 3.33. The van der Waals surface area contributed by atoms with E-state index in [1.165, 1.54) is 0 Å². The Morgan fingerprint density at radius 1 is 1.00 bits per heavy atom. The lowest BCUT2D eigenvalue weighted by atomic mass is 10.2. The summed E-state index contributed by atoms with van der Waals surface area (Å²) in [4.78, 5) is 0.251. The van der Waals surface area contributed by atoms with E-state index in [1.807, 2.05) is 6.92 Å². The first-order valence-electron chi connectivity index (χ1n) is 5.90. The van der Waals surface area contributed by atoms with Crippen LogP contribution in [0.25, 0.3) is 0 Å². The average molecular weight is 276 g/mol. The van der Waals surface area contributed by atoms with Gasteiger partial charge in [0.05, 0.1) is 4.90 Å². The smallest absolute Gasteiger partial charge is 0.261 e. The molecule has 100 valence electrons. The first-order chi connectivity index (χ1) is 9.01. The first kappa shape index (κ1) is 13.6. The summed E-state index contributed by atoms with van der Waals surface area (Å²) in [6.45, 7) is 2.35. The van der Waals surface area contributed by atoms with Gasteiger partial charge in [0.1, 0.15) is 0 Å². The molecule has 0 aromatic heterocycles. The van der Waals surface area contributed by atoms with Crippen molar-refractivity contribution in [3.05, 3.63) is 59.7 Å². The maximum Gasteiger partial charge on any atom is 0.261 e. The van der Waals surface area contributed by atoms with Crippen LogP contribution < -0.4 is 10.5 Å². The van der Waals surface area contributed by atoms with Crippen molar-refractivity contribution >= 4 is 15.7 Å². The van der Waals surface area contributed by atoms with E-state index >= 15 is 0 Å². The molecule has 0 spiro atoms. The van der Waals surface area contributed by atoms with Crippen molar-refractivity contribution in [1.29, 1.82) is 0 Å². The number of hydrogen-bond donors (Lipinski definition) is 2. The Labute approximate surface area is 113 Å². The Bertz CT molecular complexity index is 647. The van der Waals surface area contributed by atoms with Crippen molar-refractivity contribution in [2.75, 3.05) is 4.72 Å². The van der Waals surface area contributed by atoms with Crippen LogP contribution in [0.15, 0.2) is 53.4 Å². The van der Waals surface area contributed by atoms with Crippen LogP contribution in [0.4, 0.5) is 5.69 Å². The zero-order chi connectivity index (χ0) is 13.9. The summed E-state index contributed by atoms with van der Waals surface area (Å²) >= 11 is 0. The van der Waals surface area contributed by atoms with Gasteiger partial charge in [-0.1, -0.05) is 29.8 Å². The van der Waals surface area contributed by atoms with Gasteiger partial charge in [0.15, 0.2) is 0 Å². The highest BCUT2D eigenvalue weighted by Gasteiger charge is 2.13. The molecule has 0 bridgehead atoms. The van der Waals surface area contributed by atoms with Gasteiger partial charge in [0.25, 0.3) is 10.0 Å². The summed E-state index contributed by atoms with van der Waals surface area (Å²) in [5.41, 5.74) is 8.00.